The summed E-state index contributed by atoms with van der Waals surface area (Å²) < 4.78 is 2.27. The summed E-state index contributed by atoms with van der Waals surface area (Å²) in [5, 5.41) is 3.47. The molecule has 2 fully saturated rings. The Morgan fingerprint density at radius 2 is 1.78 bits per heavy atom. The maximum Gasteiger partial charge on any atom is 0.222 e. The van der Waals surface area contributed by atoms with Gasteiger partial charge < -0.3 is 10.2 Å². The summed E-state index contributed by atoms with van der Waals surface area (Å²) in [4.78, 5) is 20.3. The lowest BCUT2D eigenvalue weighted by Gasteiger charge is -2.37. The van der Waals surface area contributed by atoms with E-state index < -0.39 is 0 Å². The van der Waals surface area contributed by atoms with Gasteiger partial charge in [-0.05, 0) is 127 Å². The summed E-state index contributed by atoms with van der Waals surface area (Å²) in [6.07, 6.45) is 10.3. The Morgan fingerprint density at radius 1 is 1.03 bits per heavy atom. The summed E-state index contributed by atoms with van der Waals surface area (Å²) >= 11 is 7.57. The number of aryl methyl sites for hydroxylation is 3. The van der Waals surface area contributed by atoms with Crippen LogP contribution >= 0.6 is 31.9 Å². The van der Waals surface area contributed by atoms with Gasteiger partial charge in [-0.3, -0.25) is 9.78 Å². The normalized spacial score (nSPS) is 22.4. The molecule has 0 saturated carbocycles. The fourth-order valence-electron chi connectivity index (χ4n) is 6.37. The van der Waals surface area contributed by atoms with Crippen LogP contribution in [0.5, 0.6) is 0 Å². The SMILES string of the molecule is CC.Cc1cc(Br)c2c(c1)CCc1cc(Br)cnc1C2C1CCN(C(=O)CC2CCCNCC2)CC1. The molecule has 3 heterocycles. The summed E-state index contributed by atoms with van der Waals surface area (Å²) in [6.45, 7) is 10.1. The number of rotatable bonds is 3. The van der Waals surface area contributed by atoms with E-state index in [0.717, 1.165) is 69.2 Å². The molecule has 1 aromatic heterocycles. The number of halogens is 2. The van der Waals surface area contributed by atoms with Gasteiger partial charge in [-0.1, -0.05) is 35.8 Å². The van der Waals surface area contributed by atoms with Crippen molar-refractivity contribution in [3.05, 3.63) is 61.3 Å². The summed E-state index contributed by atoms with van der Waals surface area (Å²) in [5.41, 5.74) is 6.78. The predicted octanol–water partition coefficient (Wildman–Crippen LogP) is 7.19. The first-order chi connectivity index (χ1) is 17.5. The van der Waals surface area contributed by atoms with Crippen molar-refractivity contribution in [3.8, 4) is 0 Å². The van der Waals surface area contributed by atoms with E-state index in [9.17, 15) is 4.79 Å². The van der Waals surface area contributed by atoms with Crippen LogP contribution in [0.2, 0.25) is 0 Å². The maximum atomic E-state index is 13.1. The van der Waals surface area contributed by atoms with Gasteiger partial charge in [0.25, 0.3) is 0 Å². The van der Waals surface area contributed by atoms with Crippen molar-refractivity contribution in [2.45, 2.75) is 78.1 Å². The Morgan fingerprint density at radius 3 is 2.56 bits per heavy atom. The second kappa shape index (κ2) is 13.0. The van der Waals surface area contributed by atoms with Crippen LogP contribution in [0.25, 0.3) is 0 Å². The average Bonchev–Trinajstić information content (AvgIpc) is 3.23. The predicted molar refractivity (Wildman–Crippen MR) is 156 cm³/mol. The number of hydrogen-bond acceptors (Lipinski definition) is 3. The Hall–Kier alpha value is -1.24. The highest BCUT2D eigenvalue weighted by molar-refractivity contribution is 9.10. The molecule has 1 aliphatic carbocycles. The van der Waals surface area contributed by atoms with Crippen LogP contribution in [-0.2, 0) is 17.6 Å². The third kappa shape index (κ3) is 6.42. The minimum Gasteiger partial charge on any atom is -0.343 e. The van der Waals surface area contributed by atoms with Crippen LogP contribution in [0, 0.1) is 18.8 Å². The Kier molecular flexibility index (Phi) is 10.0. The fourth-order valence-corrected chi connectivity index (χ4v) is 7.61. The summed E-state index contributed by atoms with van der Waals surface area (Å²) in [6, 6.07) is 6.90. The highest BCUT2D eigenvalue weighted by Gasteiger charge is 2.36. The maximum absolute atomic E-state index is 13.1. The van der Waals surface area contributed by atoms with Crippen molar-refractivity contribution in [1.82, 2.24) is 15.2 Å². The molecule has 36 heavy (non-hydrogen) atoms. The van der Waals surface area contributed by atoms with Gasteiger partial charge >= 0.3 is 0 Å². The zero-order valence-electron chi connectivity index (χ0n) is 22.1. The van der Waals surface area contributed by atoms with Crippen molar-refractivity contribution in [2.75, 3.05) is 26.2 Å². The van der Waals surface area contributed by atoms with Crippen molar-refractivity contribution in [2.24, 2.45) is 11.8 Å². The van der Waals surface area contributed by atoms with Gasteiger partial charge in [-0.25, -0.2) is 0 Å². The van der Waals surface area contributed by atoms with Gasteiger partial charge in [0.2, 0.25) is 5.91 Å². The minimum atomic E-state index is 0.278. The smallest absolute Gasteiger partial charge is 0.222 e. The second-order valence-electron chi connectivity index (χ2n) is 10.5. The minimum absolute atomic E-state index is 0.278. The number of hydrogen-bond donors (Lipinski definition) is 1. The van der Waals surface area contributed by atoms with Crippen LogP contribution < -0.4 is 5.32 Å². The van der Waals surface area contributed by atoms with E-state index in [4.69, 9.17) is 4.98 Å². The molecule has 3 aliphatic rings. The molecule has 1 N–H and O–H groups in total. The molecule has 196 valence electrons. The molecule has 1 amide bonds. The van der Waals surface area contributed by atoms with Crippen LogP contribution in [-0.4, -0.2) is 42.0 Å². The third-order valence-electron chi connectivity index (χ3n) is 8.12. The highest BCUT2D eigenvalue weighted by Crippen LogP contribution is 2.45. The third-order valence-corrected chi connectivity index (χ3v) is 9.21. The zero-order chi connectivity index (χ0) is 25.7. The Labute approximate surface area is 234 Å². The molecule has 2 saturated heterocycles. The van der Waals surface area contributed by atoms with E-state index in [1.54, 1.807) is 0 Å². The van der Waals surface area contributed by atoms with Crippen LogP contribution in [0.4, 0.5) is 0 Å². The molecule has 2 unspecified atom stereocenters. The van der Waals surface area contributed by atoms with Gasteiger partial charge in [-0.15, -0.1) is 0 Å². The molecular weight excluding hydrogens is 578 g/mol. The quantitative estimate of drug-likeness (QED) is 0.396. The molecule has 2 atom stereocenters. The number of amides is 1. The molecular formula is C30H41Br2N3O. The van der Waals surface area contributed by atoms with Crippen molar-refractivity contribution < 1.29 is 4.79 Å². The second-order valence-corrected chi connectivity index (χ2v) is 12.2. The van der Waals surface area contributed by atoms with E-state index >= 15 is 0 Å². The molecule has 0 radical (unpaired) electrons. The largest absolute Gasteiger partial charge is 0.343 e. The molecule has 2 aromatic rings. The van der Waals surface area contributed by atoms with Gasteiger partial charge in [0, 0.05) is 40.6 Å². The Bertz CT molecular complexity index is 1040. The number of fused-ring (bicyclic) bond motifs is 2. The standard InChI is InChI=1S/C28H35Br2N3O.C2H6/c1-18-13-21-4-5-22-16-23(29)17-32-28(22)27(26(21)24(30)14-18)20-7-11-33(12-8-20)25(34)15-19-3-2-9-31-10-6-19;1-2/h13-14,16-17,19-20,27,31H,2-12,15H2,1H3;1-2H3. The number of piperidine rings is 1. The molecule has 1 aromatic carbocycles. The lowest BCUT2D eigenvalue weighted by atomic mass is 9.76. The number of carbonyl (C=O) groups excluding carboxylic acids is 1. The molecule has 0 bridgehead atoms. The molecule has 6 heteroatoms. The Balaban J connectivity index is 0.00000148. The molecule has 5 rings (SSSR count). The van der Waals surface area contributed by atoms with E-state index in [0.29, 0.717) is 17.7 Å². The zero-order valence-corrected chi connectivity index (χ0v) is 25.3. The van der Waals surface area contributed by atoms with Crippen LogP contribution in [0.3, 0.4) is 0 Å². The number of likely N-dealkylation sites (tertiary alicyclic amines) is 1. The summed E-state index contributed by atoms with van der Waals surface area (Å²) in [7, 11) is 0. The number of benzene rings is 1. The topological polar surface area (TPSA) is 45.2 Å². The van der Waals surface area contributed by atoms with Crippen molar-refractivity contribution in [3.63, 3.8) is 0 Å². The monoisotopic (exact) mass is 617 g/mol. The molecule has 2 aliphatic heterocycles. The lowest BCUT2D eigenvalue weighted by molar-refractivity contribution is -0.133. The van der Waals surface area contributed by atoms with Gasteiger partial charge in [-0.2, -0.15) is 0 Å². The number of nitrogens with zero attached hydrogens (tertiary/aromatic N) is 2. The molecule has 4 nitrogen and oxygen atoms in total. The molecule has 0 spiro atoms. The van der Waals surface area contributed by atoms with Gasteiger partial charge in [0.1, 0.15) is 0 Å². The van der Waals surface area contributed by atoms with E-state index in [1.165, 1.54) is 45.3 Å². The number of aromatic nitrogens is 1. The first-order valence-electron chi connectivity index (χ1n) is 13.9. The van der Waals surface area contributed by atoms with Crippen molar-refractivity contribution in [1.29, 1.82) is 0 Å². The van der Waals surface area contributed by atoms with E-state index in [1.807, 2.05) is 20.0 Å². The average molecular weight is 619 g/mol. The first-order valence-corrected chi connectivity index (χ1v) is 15.5. The van der Waals surface area contributed by atoms with Gasteiger partial charge in [0.15, 0.2) is 0 Å². The number of carbonyl (C=O) groups is 1. The van der Waals surface area contributed by atoms with Crippen LogP contribution in [0.1, 0.15) is 86.2 Å². The van der Waals surface area contributed by atoms with Crippen molar-refractivity contribution >= 4 is 37.8 Å². The first kappa shape index (κ1) is 27.8. The van der Waals surface area contributed by atoms with Gasteiger partial charge in [0.05, 0.1) is 5.69 Å². The number of nitrogens with one attached hydrogen (secondary N) is 1. The highest BCUT2D eigenvalue weighted by atomic mass is 79.9. The number of pyridine rings is 1. The van der Waals surface area contributed by atoms with E-state index in [-0.39, 0.29) is 5.92 Å². The lowest BCUT2D eigenvalue weighted by Crippen LogP contribution is -2.40. The van der Waals surface area contributed by atoms with E-state index in [2.05, 4.69) is 67.2 Å². The fraction of sp³-hybridized carbons (Fsp3) is 0.600. The summed E-state index contributed by atoms with van der Waals surface area (Å²) in [5.74, 6) is 1.68. The van der Waals surface area contributed by atoms with Crippen LogP contribution in [0.15, 0.2) is 33.3 Å².